The predicted octanol–water partition coefficient (Wildman–Crippen LogP) is 3.15. The van der Waals surface area contributed by atoms with Gasteiger partial charge in [-0.1, -0.05) is 41.0 Å². The third kappa shape index (κ3) is 3.94. The number of allylic oxidation sites excluding steroid dienone is 1. The van der Waals surface area contributed by atoms with Crippen LogP contribution in [0.4, 0.5) is 0 Å². The average Bonchev–Trinajstić information content (AvgIpc) is 2.70. The van der Waals surface area contributed by atoms with Crippen LogP contribution in [0.3, 0.4) is 0 Å². The molecule has 0 aromatic carbocycles. The Balaban J connectivity index is 3.24. The molecule has 0 aromatic heterocycles. The molecule has 0 bridgehead atoms. The molecule has 0 saturated carbocycles. The second-order valence-corrected chi connectivity index (χ2v) is 7.51. The van der Waals surface area contributed by atoms with Gasteiger partial charge >= 0.3 is 0 Å². The lowest BCUT2D eigenvalue weighted by Crippen LogP contribution is -2.47. The Morgan fingerprint density at radius 3 is 2.12 bits per heavy atom. The maximum atomic E-state index is 12.6. The van der Waals surface area contributed by atoms with Crippen LogP contribution in [-0.2, 0) is 14.4 Å². The number of aliphatic hydroxyl groups excluding tert-OH is 1. The van der Waals surface area contributed by atoms with Crippen LogP contribution < -0.4 is 0 Å². The summed E-state index contributed by atoms with van der Waals surface area (Å²) in [5, 5.41) is 21.4. The van der Waals surface area contributed by atoms with Gasteiger partial charge in [0.05, 0.1) is 5.92 Å². The number of aliphatic hydroxyl groups is 2. The molecule has 2 N–H and O–H groups in total. The van der Waals surface area contributed by atoms with Gasteiger partial charge < -0.3 is 10.2 Å². The van der Waals surface area contributed by atoms with E-state index >= 15 is 0 Å². The molecule has 0 radical (unpaired) electrons. The lowest BCUT2D eigenvalue weighted by Gasteiger charge is -2.28. The summed E-state index contributed by atoms with van der Waals surface area (Å²) >= 11 is 0. The fraction of sp³-hybridized carbons (Fsp3) is 0.737. The van der Waals surface area contributed by atoms with E-state index in [-0.39, 0.29) is 36.7 Å². The van der Waals surface area contributed by atoms with Crippen molar-refractivity contribution in [3.8, 4) is 0 Å². The smallest absolute Gasteiger partial charge is 0.190 e. The Morgan fingerprint density at radius 1 is 1.12 bits per heavy atom. The molecule has 0 heterocycles. The lowest BCUT2D eigenvalue weighted by molar-refractivity contribution is -0.145. The molecule has 0 aliphatic heterocycles. The molecule has 0 spiro atoms. The predicted molar refractivity (Wildman–Crippen MR) is 91.6 cm³/mol. The maximum Gasteiger partial charge on any atom is 0.190 e. The van der Waals surface area contributed by atoms with E-state index in [2.05, 4.69) is 0 Å². The van der Waals surface area contributed by atoms with E-state index in [1.807, 2.05) is 27.7 Å². The Kier molecular flexibility index (Phi) is 6.90. The maximum absolute atomic E-state index is 12.6. The standard InChI is InChI=1S/C19H30O5/c1-6-14(20)16-17(22)13(9-7-11(2)3)19(24,18(16)23)15(21)10-8-12(4)5/h11-13,23-24H,6-10H2,1-5H3. The number of rotatable bonds is 9. The van der Waals surface area contributed by atoms with Crippen LogP contribution in [0.15, 0.2) is 11.3 Å². The third-order valence-electron chi connectivity index (χ3n) is 4.67. The van der Waals surface area contributed by atoms with Crippen LogP contribution in [0.25, 0.3) is 0 Å². The lowest BCUT2D eigenvalue weighted by atomic mass is 9.79. The van der Waals surface area contributed by atoms with Gasteiger partial charge in [-0.2, -0.15) is 0 Å². The summed E-state index contributed by atoms with van der Waals surface area (Å²) in [6.45, 7) is 9.44. The van der Waals surface area contributed by atoms with E-state index in [0.29, 0.717) is 12.8 Å². The molecule has 24 heavy (non-hydrogen) atoms. The van der Waals surface area contributed by atoms with Crippen molar-refractivity contribution in [2.24, 2.45) is 17.8 Å². The molecule has 0 aromatic rings. The van der Waals surface area contributed by atoms with E-state index in [1.165, 1.54) is 0 Å². The van der Waals surface area contributed by atoms with Crippen LogP contribution in [0, 0.1) is 17.8 Å². The van der Waals surface area contributed by atoms with Crippen molar-refractivity contribution in [1.82, 2.24) is 0 Å². The first-order valence-electron chi connectivity index (χ1n) is 8.84. The van der Waals surface area contributed by atoms with E-state index in [0.717, 1.165) is 0 Å². The topological polar surface area (TPSA) is 91.7 Å². The largest absolute Gasteiger partial charge is 0.508 e. The van der Waals surface area contributed by atoms with Crippen molar-refractivity contribution in [1.29, 1.82) is 0 Å². The normalized spacial score (nSPS) is 24.3. The number of hydrogen-bond acceptors (Lipinski definition) is 5. The molecule has 2 unspecified atom stereocenters. The fourth-order valence-electron chi connectivity index (χ4n) is 3.06. The number of ketones is 3. The van der Waals surface area contributed by atoms with Gasteiger partial charge in [0.15, 0.2) is 23.0 Å². The van der Waals surface area contributed by atoms with E-state index in [9.17, 15) is 24.6 Å². The van der Waals surface area contributed by atoms with E-state index in [1.54, 1.807) is 6.92 Å². The average molecular weight is 338 g/mol. The first-order chi connectivity index (χ1) is 11.1. The summed E-state index contributed by atoms with van der Waals surface area (Å²) in [6, 6.07) is 0. The minimum absolute atomic E-state index is 0.0400. The van der Waals surface area contributed by atoms with Crippen molar-refractivity contribution < 1.29 is 24.6 Å². The molecule has 2 atom stereocenters. The highest BCUT2D eigenvalue weighted by Gasteiger charge is 2.58. The van der Waals surface area contributed by atoms with Crippen molar-refractivity contribution in [3.05, 3.63) is 11.3 Å². The van der Waals surface area contributed by atoms with Gasteiger partial charge in [-0.15, -0.1) is 0 Å². The first kappa shape index (κ1) is 20.6. The zero-order valence-electron chi connectivity index (χ0n) is 15.4. The molecular weight excluding hydrogens is 308 g/mol. The number of hydrogen-bond donors (Lipinski definition) is 2. The zero-order valence-corrected chi connectivity index (χ0v) is 15.4. The molecule has 0 fully saturated rings. The van der Waals surface area contributed by atoms with E-state index < -0.39 is 34.6 Å². The highest BCUT2D eigenvalue weighted by atomic mass is 16.3. The van der Waals surface area contributed by atoms with Gasteiger partial charge in [-0.25, -0.2) is 0 Å². The molecule has 5 heteroatoms. The van der Waals surface area contributed by atoms with Crippen molar-refractivity contribution in [2.75, 3.05) is 0 Å². The number of Topliss-reactive ketones (excluding diaryl/α,β-unsaturated/α-hetero) is 3. The highest BCUT2D eigenvalue weighted by Crippen LogP contribution is 2.42. The summed E-state index contributed by atoms with van der Waals surface area (Å²) in [4.78, 5) is 37.3. The van der Waals surface area contributed by atoms with Gasteiger partial charge in [0.1, 0.15) is 11.3 Å². The molecule has 0 amide bonds. The van der Waals surface area contributed by atoms with Crippen LogP contribution >= 0.6 is 0 Å². The molecule has 0 saturated heterocycles. The molecule has 1 aliphatic rings. The summed E-state index contributed by atoms with van der Waals surface area (Å²) in [5.74, 6) is -2.96. The van der Waals surface area contributed by atoms with Crippen molar-refractivity contribution in [3.63, 3.8) is 0 Å². The van der Waals surface area contributed by atoms with Crippen molar-refractivity contribution >= 4 is 17.3 Å². The van der Waals surface area contributed by atoms with Gasteiger partial charge in [-0.05, 0) is 24.7 Å². The number of carbonyl (C=O) groups excluding carboxylic acids is 3. The second-order valence-electron chi connectivity index (χ2n) is 7.51. The summed E-state index contributed by atoms with van der Waals surface area (Å²) in [5.41, 5.74) is -2.63. The van der Waals surface area contributed by atoms with Crippen LogP contribution in [0.2, 0.25) is 0 Å². The fourth-order valence-corrected chi connectivity index (χ4v) is 3.06. The van der Waals surface area contributed by atoms with Gasteiger partial charge in [0, 0.05) is 12.8 Å². The second kappa shape index (κ2) is 8.06. The van der Waals surface area contributed by atoms with Gasteiger partial charge in [0.25, 0.3) is 0 Å². The third-order valence-corrected chi connectivity index (χ3v) is 4.67. The summed E-state index contributed by atoms with van der Waals surface area (Å²) in [6.07, 6.45) is 1.55. The summed E-state index contributed by atoms with van der Waals surface area (Å²) < 4.78 is 0. The van der Waals surface area contributed by atoms with Crippen LogP contribution in [-0.4, -0.2) is 33.2 Å². The minimum Gasteiger partial charge on any atom is -0.508 e. The zero-order chi connectivity index (χ0) is 18.7. The van der Waals surface area contributed by atoms with Crippen LogP contribution in [0.5, 0.6) is 0 Å². The Morgan fingerprint density at radius 2 is 1.67 bits per heavy atom. The Labute approximate surface area is 144 Å². The Bertz CT molecular complexity index is 544. The SMILES string of the molecule is CCC(=O)C1=C(O)C(O)(C(=O)CCC(C)C)C(CCC(C)C)C1=O. The van der Waals surface area contributed by atoms with E-state index in [4.69, 9.17) is 0 Å². The molecule has 1 aliphatic carbocycles. The monoisotopic (exact) mass is 338 g/mol. The van der Waals surface area contributed by atoms with Crippen LogP contribution in [0.1, 0.15) is 66.7 Å². The van der Waals surface area contributed by atoms with Gasteiger partial charge in [-0.3, -0.25) is 14.4 Å². The first-order valence-corrected chi connectivity index (χ1v) is 8.84. The summed E-state index contributed by atoms with van der Waals surface area (Å²) in [7, 11) is 0. The number of carbonyl (C=O) groups is 3. The molecule has 136 valence electrons. The molecular formula is C19H30O5. The molecule has 5 nitrogen and oxygen atoms in total. The molecule has 1 rings (SSSR count). The minimum atomic E-state index is -2.25. The van der Waals surface area contributed by atoms with Crippen molar-refractivity contribution in [2.45, 2.75) is 72.3 Å². The van der Waals surface area contributed by atoms with Gasteiger partial charge in [0.2, 0.25) is 0 Å². The highest BCUT2D eigenvalue weighted by molar-refractivity contribution is 6.25. The quantitative estimate of drug-likeness (QED) is 0.630. The Hall–Kier alpha value is -1.49.